The number of anilines is 2. The van der Waals surface area contributed by atoms with Gasteiger partial charge in [-0.3, -0.25) is 0 Å². The molecular weight excluding hydrogens is 755 g/mol. The minimum absolute atomic E-state index is 0. The zero-order chi connectivity index (χ0) is 31.0. The molecule has 9 rings (SSSR count). The van der Waals surface area contributed by atoms with E-state index in [0.29, 0.717) is 0 Å². The number of nitrogens with one attached hydrogen (secondary N) is 1. The monoisotopic (exact) mass is 784 g/mol. The van der Waals surface area contributed by atoms with E-state index in [0.717, 1.165) is 67.0 Å². The second-order valence-electron chi connectivity index (χ2n) is 11.5. The van der Waals surface area contributed by atoms with Crippen LogP contribution in [0.4, 0.5) is 11.4 Å². The first-order valence-corrected chi connectivity index (χ1v) is 15.3. The molecule has 5 heteroatoms. The summed E-state index contributed by atoms with van der Waals surface area (Å²) in [4.78, 5) is 8.84. The van der Waals surface area contributed by atoms with Crippen LogP contribution >= 0.6 is 0 Å². The van der Waals surface area contributed by atoms with Crippen LogP contribution in [0.2, 0.25) is 0 Å². The van der Waals surface area contributed by atoms with E-state index in [9.17, 15) is 0 Å². The van der Waals surface area contributed by atoms with Gasteiger partial charge in [-0.15, -0.1) is 59.7 Å². The number of nitrogens with zero attached hydrogens (tertiary/aromatic N) is 2. The van der Waals surface area contributed by atoms with Crippen LogP contribution < -0.4 is 5.32 Å². The molecule has 0 atom stereocenters. The molecule has 4 heterocycles. The second kappa shape index (κ2) is 12.8. The number of aryl methyl sites for hydroxylation is 1. The van der Waals surface area contributed by atoms with Gasteiger partial charge in [0.2, 0.25) is 0 Å². The molecule has 2 bridgehead atoms. The Labute approximate surface area is 287 Å². The third-order valence-corrected chi connectivity index (χ3v) is 8.49. The molecule has 1 aliphatic rings. The van der Waals surface area contributed by atoms with Gasteiger partial charge in [0.25, 0.3) is 0 Å². The Balaban J connectivity index is 0.000000228. The van der Waals surface area contributed by atoms with Crippen molar-refractivity contribution in [3.63, 3.8) is 0 Å². The normalized spacial score (nSPS) is 11.2. The van der Waals surface area contributed by atoms with Crippen LogP contribution in [0.1, 0.15) is 11.1 Å². The minimum atomic E-state index is 0. The molecule has 229 valence electrons. The standard InChI is InChI=1S/C31H21N2O.C11H8N.Ir/c1-18-10-12-27(32-17-18)20-11-13-28-24(14-20)21-7-5-8-22(19(21)2)25-15-26-23-6-3-4-9-30(23)34-31(26)16-29(25)33-28;1-2-6-10(7-3-1)11-8-4-5-9-12-11;/h3-10,12-17,33H,1-2H3;1-6,8-9H;/q2*-1;. The number of benzene rings is 5. The molecule has 4 nitrogen and oxygen atoms in total. The molecule has 47 heavy (non-hydrogen) atoms. The predicted octanol–water partition coefficient (Wildman–Crippen LogP) is 11.0. The summed E-state index contributed by atoms with van der Waals surface area (Å²) in [7, 11) is 0. The molecule has 1 radical (unpaired) electrons. The van der Waals surface area contributed by atoms with Gasteiger partial charge in [-0.2, -0.15) is 0 Å². The van der Waals surface area contributed by atoms with Crippen LogP contribution in [0.15, 0.2) is 138 Å². The molecule has 0 aliphatic carbocycles. The molecule has 3 aromatic heterocycles. The van der Waals surface area contributed by atoms with E-state index < -0.39 is 0 Å². The number of hydrogen-bond donors (Lipinski definition) is 1. The summed E-state index contributed by atoms with van der Waals surface area (Å²) in [6, 6.07) is 47.8. The number of hydrogen-bond acceptors (Lipinski definition) is 4. The van der Waals surface area contributed by atoms with Crippen molar-refractivity contribution in [3.8, 4) is 44.8 Å². The van der Waals surface area contributed by atoms with E-state index in [2.05, 4.69) is 102 Å². The molecule has 1 N–H and O–H groups in total. The van der Waals surface area contributed by atoms with E-state index >= 15 is 0 Å². The van der Waals surface area contributed by atoms with Crippen LogP contribution in [0.3, 0.4) is 0 Å². The molecule has 0 unspecified atom stereocenters. The van der Waals surface area contributed by atoms with Crippen LogP contribution in [-0.4, -0.2) is 9.97 Å². The third kappa shape index (κ3) is 5.76. The number of rotatable bonds is 2. The van der Waals surface area contributed by atoms with E-state index in [4.69, 9.17) is 4.42 Å². The first kappa shape index (κ1) is 30.3. The zero-order valence-electron chi connectivity index (χ0n) is 25.8. The van der Waals surface area contributed by atoms with Gasteiger partial charge in [-0.1, -0.05) is 66.2 Å². The molecule has 1 aliphatic heterocycles. The topological polar surface area (TPSA) is 51.0 Å². The van der Waals surface area contributed by atoms with E-state index in [1.165, 1.54) is 22.3 Å². The quantitative estimate of drug-likeness (QED) is 0.177. The maximum absolute atomic E-state index is 6.19. The number of furan rings is 1. The van der Waals surface area contributed by atoms with E-state index in [-0.39, 0.29) is 20.1 Å². The minimum Gasteiger partial charge on any atom is -0.456 e. The zero-order valence-corrected chi connectivity index (χ0v) is 28.2. The smallest absolute Gasteiger partial charge is 0.137 e. The summed E-state index contributed by atoms with van der Waals surface area (Å²) < 4.78 is 6.19. The Bertz CT molecular complexity index is 2310. The van der Waals surface area contributed by atoms with Gasteiger partial charge >= 0.3 is 0 Å². The van der Waals surface area contributed by atoms with Gasteiger partial charge in [0.05, 0.1) is 0 Å². The summed E-state index contributed by atoms with van der Waals surface area (Å²) in [5.74, 6) is 0. The fourth-order valence-electron chi connectivity index (χ4n) is 6.13. The van der Waals surface area contributed by atoms with Gasteiger partial charge in [0.1, 0.15) is 11.2 Å². The molecular formula is C42H29IrN3O-2. The van der Waals surface area contributed by atoms with Crippen LogP contribution in [-0.2, 0) is 20.1 Å². The molecule has 0 saturated heterocycles. The Hall–Kier alpha value is -5.35. The van der Waals surface area contributed by atoms with Crippen LogP contribution in [0, 0.1) is 26.0 Å². The average Bonchev–Trinajstić information content (AvgIpc) is 3.47. The largest absolute Gasteiger partial charge is 0.456 e. The second-order valence-corrected chi connectivity index (χ2v) is 11.5. The Morgan fingerprint density at radius 2 is 1.38 bits per heavy atom. The van der Waals surface area contributed by atoms with Gasteiger partial charge in [0, 0.05) is 60.6 Å². The summed E-state index contributed by atoms with van der Waals surface area (Å²) in [5, 5.41) is 5.97. The molecule has 8 aromatic rings. The fraction of sp³-hybridized carbons (Fsp3) is 0.0476. The summed E-state index contributed by atoms with van der Waals surface area (Å²) in [5.41, 5.74) is 14.9. The maximum Gasteiger partial charge on any atom is 0.137 e. The Morgan fingerprint density at radius 3 is 2.15 bits per heavy atom. The number of pyridine rings is 2. The van der Waals surface area contributed by atoms with Crippen molar-refractivity contribution in [2.24, 2.45) is 0 Å². The van der Waals surface area contributed by atoms with E-state index in [1.54, 1.807) is 6.20 Å². The number of aromatic nitrogens is 2. The summed E-state index contributed by atoms with van der Waals surface area (Å²) in [6.45, 7) is 4.26. The van der Waals surface area contributed by atoms with Gasteiger partial charge < -0.3 is 19.7 Å². The average molecular weight is 784 g/mol. The molecule has 0 saturated carbocycles. The van der Waals surface area contributed by atoms with Gasteiger partial charge in [-0.25, -0.2) is 0 Å². The van der Waals surface area contributed by atoms with Crippen molar-refractivity contribution >= 4 is 33.3 Å². The molecule has 5 aromatic carbocycles. The van der Waals surface area contributed by atoms with Crippen LogP contribution in [0.5, 0.6) is 0 Å². The Morgan fingerprint density at radius 1 is 0.596 bits per heavy atom. The van der Waals surface area contributed by atoms with Crippen molar-refractivity contribution in [2.75, 3.05) is 5.32 Å². The first-order chi connectivity index (χ1) is 22.6. The van der Waals surface area contributed by atoms with Crippen molar-refractivity contribution in [3.05, 3.63) is 157 Å². The van der Waals surface area contributed by atoms with Crippen molar-refractivity contribution < 1.29 is 24.5 Å². The fourth-order valence-corrected chi connectivity index (χ4v) is 6.13. The summed E-state index contributed by atoms with van der Waals surface area (Å²) >= 11 is 0. The molecule has 0 fully saturated rings. The number of fused-ring (bicyclic) bond motifs is 9. The van der Waals surface area contributed by atoms with Crippen molar-refractivity contribution in [2.45, 2.75) is 13.8 Å². The first-order valence-electron chi connectivity index (χ1n) is 15.3. The molecule has 0 amide bonds. The Kier molecular flexibility index (Phi) is 8.26. The van der Waals surface area contributed by atoms with E-state index in [1.807, 2.05) is 66.9 Å². The maximum atomic E-state index is 6.19. The van der Waals surface area contributed by atoms with Crippen LogP contribution in [0.25, 0.3) is 66.7 Å². The van der Waals surface area contributed by atoms with Crippen molar-refractivity contribution in [1.29, 1.82) is 0 Å². The molecule has 0 spiro atoms. The number of para-hydroxylation sites is 1. The van der Waals surface area contributed by atoms with Gasteiger partial charge in [-0.05, 0) is 71.4 Å². The predicted molar refractivity (Wildman–Crippen MR) is 188 cm³/mol. The summed E-state index contributed by atoms with van der Waals surface area (Å²) in [6.07, 6.45) is 3.69. The third-order valence-electron chi connectivity index (χ3n) is 8.49. The van der Waals surface area contributed by atoms with Crippen molar-refractivity contribution in [1.82, 2.24) is 9.97 Å². The SMILES string of the molecule is Cc1ccc(-c2[c-]cc3c(c2)-c2cccc(c2C)-c2cc4c(cc2N3)oc2ccccc24)nc1.[Ir].[c-]1ccccc1-c1ccccn1. The van der Waals surface area contributed by atoms with Gasteiger partial charge in [0.15, 0.2) is 0 Å².